The van der Waals surface area contributed by atoms with Crippen molar-refractivity contribution >= 4 is 44.0 Å². The average Bonchev–Trinajstić information content (AvgIpc) is 2.62. The molecule has 0 aliphatic rings. The maximum atomic E-state index is 12.0. The SMILES string of the molecule is CCCOc1c(Br)cc(/C=N/NC(=O)Cc2ccc(Br)cc2)cc1OC. The Morgan fingerprint density at radius 2 is 1.96 bits per heavy atom. The Kier molecular flexibility index (Phi) is 8.12. The van der Waals surface area contributed by atoms with Gasteiger partial charge in [-0.15, -0.1) is 0 Å². The van der Waals surface area contributed by atoms with Crippen LogP contribution in [0.3, 0.4) is 0 Å². The highest BCUT2D eigenvalue weighted by Crippen LogP contribution is 2.36. The largest absolute Gasteiger partial charge is 0.493 e. The quantitative estimate of drug-likeness (QED) is 0.437. The highest BCUT2D eigenvalue weighted by atomic mass is 79.9. The summed E-state index contributed by atoms with van der Waals surface area (Å²) in [5.41, 5.74) is 4.23. The molecule has 0 aromatic heterocycles. The maximum absolute atomic E-state index is 12.0. The van der Waals surface area contributed by atoms with Crippen LogP contribution in [-0.2, 0) is 11.2 Å². The van der Waals surface area contributed by atoms with Crippen LogP contribution in [0.25, 0.3) is 0 Å². The van der Waals surface area contributed by atoms with Gasteiger partial charge < -0.3 is 9.47 Å². The number of rotatable bonds is 8. The third-order valence-corrected chi connectivity index (χ3v) is 4.50. The third kappa shape index (κ3) is 6.14. The molecule has 0 heterocycles. The smallest absolute Gasteiger partial charge is 0.244 e. The minimum absolute atomic E-state index is 0.183. The number of amides is 1. The van der Waals surface area contributed by atoms with E-state index < -0.39 is 0 Å². The van der Waals surface area contributed by atoms with Crippen LogP contribution in [0.4, 0.5) is 0 Å². The van der Waals surface area contributed by atoms with Crippen molar-refractivity contribution in [3.05, 3.63) is 56.5 Å². The van der Waals surface area contributed by atoms with Crippen LogP contribution in [0.5, 0.6) is 11.5 Å². The van der Waals surface area contributed by atoms with Gasteiger partial charge in [-0.2, -0.15) is 5.10 Å². The number of hydrazone groups is 1. The summed E-state index contributed by atoms with van der Waals surface area (Å²) in [5, 5.41) is 4.01. The molecule has 2 rings (SSSR count). The van der Waals surface area contributed by atoms with Gasteiger partial charge in [0.15, 0.2) is 11.5 Å². The Morgan fingerprint density at radius 3 is 2.62 bits per heavy atom. The van der Waals surface area contributed by atoms with E-state index in [0.717, 1.165) is 26.5 Å². The van der Waals surface area contributed by atoms with Crippen molar-refractivity contribution in [2.24, 2.45) is 5.10 Å². The lowest BCUT2D eigenvalue weighted by Gasteiger charge is -2.12. The third-order valence-electron chi connectivity index (χ3n) is 3.38. The topological polar surface area (TPSA) is 59.9 Å². The molecule has 26 heavy (non-hydrogen) atoms. The number of methoxy groups -OCH3 is 1. The Morgan fingerprint density at radius 1 is 1.23 bits per heavy atom. The molecule has 1 amide bonds. The number of nitrogens with one attached hydrogen (secondary N) is 1. The van der Waals surface area contributed by atoms with E-state index in [1.165, 1.54) is 0 Å². The lowest BCUT2D eigenvalue weighted by molar-refractivity contribution is -0.120. The second kappa shape index (κ2) is 10.3. The first-order valence-electron chi connectivity index (χ1n) is 8.10. The van der Waals surface area contributed by atoms with Gasteiger partial charge in [0, 0.05) is 4.47 Å². The molecule has 0 atom stereocenters. The minimum Gasteiger partial charge on any atom is -0.493 e. The van der Waals surface area contributed by atoms with Gasteiger partial charge in [0.05, 0.1) is 30.8 Å². The molecule has 0 fully saturated rings. The van der Waals surface area contributed by atoms with Crippen LogP contribution in [-0.4, -0.2) is 25.8 Å². The van der Waals surface area contributed by atoms with Crippen molar-refractivity contribution in [1.29, 1.82) is 0 Å². The van der Waals surface area contributed by atoms with Crippen LogP contribution >= 0.6 is 31.9 Å². The van der Waals surface area contributed by atoms with E-state index in [1.807, 2.05) is 37.3 Å². The van der Waals surface area contributed by atoms with Crippen LogP contribution in [0, 0.1) is 0 Å². The van der Waals surface area contributed by atoms with Gasteiger partial charge in [0.25, 0.3) is 0 Å². The van der Waals surface area contributed by atoms with Crippen LogP contribution in [0.1, 0.15) is 24.5 Å². The number of ether oxygens (including phenoxy) is 2. The predicted octanol–water partition coefficient (Wildman–Crippen LogP) is 4.70. The molecule has 7 heteroatoms. The summed E-state index contributed by atoms with van der Waals surface area (Å²) in [5.74, 6) is 1.08. The average molecular weight is 484 g/mol. The fraction of sp³-hybridized carbons (Fsp3) is 0.263. The normalized spacial score (nSPS) is 10.8. The number of nitrogens with zero attached hydrogens (tertiary/aromatic N) is 1. The molecule has 2 aromatic rings. The first-order valence-corrected chi connectivity index (χ1v) is 9.68. The molecular weight excluding hydrogens is 464 g/mol. The van der Waals surface area contributed by atoms with Gasteiger partial charge in [0.2, 0.25) is 5.91 Å². The number of carbonyl (C=O) groups excluding carboxylic acids is 1. The second-order valence-electron chi connectivity index (χ2n) is 5.48. The Balaban J connectivity index is 1.99. The Bertz CT molecular complexity index is 777. The van der Waals surface area contributed by atoms with Crippen molar-refractivity contribution < 1.29 is 14.3 Å². The van der Waals surface area contributed by atoms with E-state index in [2.05, 4.69) is 42.4 Å². The van der Waals surface area contributed by atoms with Gasteiger partial charge in [-0.3, -0.25) is 4.79 Å². The summed E-state index contributed by atoms with van der Waals surface area (Å²) in [7, 11) is 1.58. The van der Waals surface area contributed by atoms with Gasteiger partial charge >= 0.3 is 0 Å². The van der Waals surface area contributed by atoms with Gasteiger partial charge in [-0.25, -0.2) is 5.43 Å². The molecule has 0 bridgehead atoms. The second-order valence-corrected chi connectivity index (χ2v) is 7.25. The zero-order chi connectivity index (χ0) is 18.9. The number of halogens is 2. The van der Waals surface area contributed by atoms with Gasteiger partial charge in [0.1, 0.15) is 0 Å². The highest BCUT2D eigenvalue weighted by Gasteiger charge is 2.11. The first kappa shape index (κ1) is 20.5. The molecular formula is C19H20Br2N2O3. The molecule has 0 radical (unpaired) electrons. The predicted molar refractivity (Wildman–Crippen MR) is 110 cm³/mol. The number of carbonyl (C=O) groups is 1. The molecule has 0 saturated heterocycles. The van der Waals surface area contributed by atoms with E-state index in [9.17, 15) is 4.79 Å². The highest BCUT2D eigenvalue weighted by molar-refractivity contribution is 9.10. The summed E-state index contributed by atoms with van der Waals surface area (Å²) in [6.45, 7) is 2.65. The molecule has 2 aromatic carbocycles. The number of benzene rings is 2. The van der Waals surface area contributed by atoms with Gasteiger partial charge in [-0.05, 0) is 57.7 Å². The molecule has 0 spiro atoms. The summed E-state index contributed by atoms with van der Waals surface area (Å²) in [4.78, 5) is 12.0. The molecule has 138 valence electrons. The fourth-order valence-corrected chi connectivity index (χ4v) is 3.00. The summed E-state index contributed by atoms with van der Waals surface area (Å²) >= 11 is 6.85. The molecule has 0 saturated carbocycles. The van der Waals surface area contributed by atoms with E-state index in [1.54, 1.807) is 19.4 Å². The van der Waals surface area contributed by atoms with Crippen LogP contribution in [0.15, 0.2) is 50.4 Å². The first-order chi connectivity index (χ1) is 12.5. The van der Waals surface area contributed by atoms with E-state index >= 15 is 0 Å². The molecule has 0 aliphatic carbocycles. The monoisotopic (exact) mass is 482 g/mol. The van der Waals surface area contributed by atoms with E-state index in [0.29, 0.717) is 18.1 Å². The number of hydrogen-bond acceptors (Lipinski definition) is 4. The lowest BCUT2D eigenvalue weighted by atomic mass is 10.1. The van der Waals surface area contributed by atoms with Crippen LogP contribution < -0.4 is 14.9 Å². The zero-order valence-corrected chi connectivity index (χ0v) is 17.8. The van der Waals surface area contributed by atoms with E-state index in [4.69, 9.17) is 9.47 Å². The molecule has 5 nitrogen and oxygen atoms in total. The summed E-state index contributed by atoms with van der Waals surface area (Å²) in [6, 6.07) is 11.3. The maximum Gasteiger partial charge on any atom is 0.244 e. The minimum atomic E-state index is -0.183. The molecule has 0 unspecified atom stereocenters. The van der Waals surface area contributed by atoms with Crippen molar-refractivity contribution in [2.75, 3.05) is 13.7 Å². The van der Waals surface area contributed by atoms with Crippen LogP contribution in [0.2, 0.25) is 0 Å². The number of hydrogen-bond donors (Lipinski definition) is 1. The molecule has 0 aliphatic heterocycles. The fourth-order valence-electron chi connectivity index (χ4n) is 2.16. The van der Waals surface area contributed by atoms with Crippen molar-refractivity contribution in [3.63, 3.8) is 0 Å². The lowest BCUT2D eigenvalue weighted by Crippen LogP contribution is -2.19. The Hall–Kier alpha value is -1.86. The van der Waals surface area contributed by atoms with Crippen molar-refractivity contribution in [1.82, 2.24) is 5.43 Å². The zero-order valence-electron chi connectivity index (χ0n) is 14.6. The van der Waals surface area contributed by atoms with Crippen molar-refractivity contribution in [2.45, 2.75) is 19.8 Å². The Labute approximate surface area is 170 Å². The van der Waals surface area contributed by atoms with Crippen molar-refractivity contribution in [3.8, 4) is 11.5 Å². The molecule has 1 N–H and O–H groups in total. The van der Waals surface area contributed by atoms with Gasteiger partial charge in [-0.1, -0.05) is 35.0 Å². The summed E-state index contributed by atoms with van der Waals surface area (Å²) in [6.07, 6.45) is 2.74. The van der Waals surface area contributed by atoms with E-state index in [-0.39, 0.29) is 12.3 Å². The summed E-state index contributed by atoms with van der Waals surface area (Å²) < 4.78 is 12.8. The standard InChI is InChI=1S/C19H20Br2N2O3/c1-3-8-26-19-16(21)9-14(10-17(19)25-2)12-22-23-18(24)11-13-4-6-15(20)7-5-13/h4-7,9-10,12H,3,8,11H2,1-2H3,(H,23,24)/b22-12+.